The van der Waals surface area contributed by atoms with E-state index in [-0.39, 0.29) is 33.9 Å². The van der Waals surface area contributed by atoms with E-state index in [1.165, 1.54) is 18.2 Å². The molecule has 3 N–H and O–H groups in total. The molecule has 0 radical (unpaired) electrons. The molecule has 1 fully saturated rings. The minimum absolute atomic E-state index is 0. The lowest BCUT2D eigenvalue weighted by molar-refractivity contribution is 0.374. The number of rotatable bonds is 5. The molecule has 0 saturated heterocycles. The van der Waals surface area contributed by atoms with Crippen LogP contribution in [0.25, 0.3) is 0 Å². The lowest BCUT2D eigenvalue weighted by Crippen LogP contribution is -2.52. The van der Waals surface area contributed by atoms with Crippen molar-refractivity contribution in [1.82, 2.24) is 4.72 Å². The molecule has 0 aliphatic heterocycles. The highest BCUT2D eigenvalue weighted by Gasteiger charge is 2.43. The van der Waals surface area contributed by atoms with Crippen LogP contribution in [0, 0.1) is 5.92 Å². The molecule has 1 aliphatic rings. The van der Waals surface area contributed by atoms with Gasteiger partial charge in [0.05, 0.1) is 4.90 Å². The third kappa shape index (κ3) is 4.00. The number of nitrogens with two attached hydrogens (primary N) is 1. The summed E-state index contributed by atoms with van der Waals surface area (Å²) >= 11 is 11.7. The monoisotopic (exact) mass is 358 g/mol. The Labute approximate surface area is 135 Å². The molecule has 1 unspecified atom stereocenters. The third-order valence-corrected chi connectivity index (χ3v) is 5.44. The van der Waals surface area contributed by atoms with Crippen LogP contribution in [0.5, 0.6) is 0 Å². The number of nitrogens with one attached hydrogen (secondary N) is 1. The van der Waals surface area contributed by atoms with E-state index in [1.54, 1.807) is 0 Å². The fraction of sp³-hybridized carbons (Fsp3) is 0.500. The highest BCUT2D eigenvalue weighted by Crippen LogP contribution is 2.39. The summed E-state index contributed by atoms with van der Waals surface area (Å²) in [6, 6.07) is 4.24. The van der Waals surface area contributed by atoms with Crippen molar-refractivity contribution in [2.75, 3.05) is 6.54 Å². The predicted molar refractivity (Wildman–Crippen MR) is 84.2 cm³/mol. The van der Waals surface area contributed by atoms with Gasteiger partial charge in [0.2, 0.25) is 10.0 Å². The Balaban J connectivity index is 0.00000200. The normalized spacial score (nSPS) is 18.2. The van der Waals surface area contributed by atoms with E-state index in [1.807, 2.05) is 6.92 Å². The molecule has 0 bridgehead atoms. The first-order valence-corrected chi connectivity index (χ1v) is 8.21. The van der Waals surface area contributed by atoms with E-state index in [9.17, 15) is 8.42 Å². The highest BCUT2D eigenvalue weighted by molar-refractivity contribution is 7.89. The summed E-state index contributed by atoms with van der Waals surface area (Å²) in [5, 5.41) is 0.572. The fourth-order valence-corrected chi connectivity index (χ4v) is 4.26. The molecule has 114 valence electrons. The molecule has 1 atom stereocenters. The lowest BCUT2D eigenvalue weighted by Gasteiger charge is -2.29. The summed E-state index contributed by atoms with van der Waals surface area (Å²) in [5.41, 5.74) is 5.10. The maximum atomic E-state index is 12.4. The summed E-state index contributed by atoms with van der Waals surface area (Å²) < 4.78 is 27.4. The van der Waals surface area contributed by atoms with Gasteiger partial charge in [-0.1, -0.05) is 23.2 Å². The second kappa shape index (κ2) is 6.38. The minimum atomic E-state index is -3.68. The van der Waals surface area contributed by atoms with E-state index in [4.69, 9.17) is 28.9 Å². The molecule has 2 rings (SSSR count). The Morgan fingerprint density at radius 1 is 1.30 bits per heavy atom. The Bertz CT molecular complexity index is 570. The van der Waals surface area contributed by atoms with Gasteiger partial charge in [-0.05, 0) is 43.9 Å². The summed E-state index contributed by atoms with van der Waals surface area (Å²) in [5.74, 6) is 0.293. The van der Waals surface area contributed by atoms with Gasteiger partial charge in [-0.3, -0.25) is 0 Å². The maximum Gasteiger partial charge on any atom is 0.241 e. The van der Waals surface area contributed by atoms with Crippen LogP contribution in [-0.4, -0.2) is 20.5 Å². The van der Waals surface area contributed by atoms with Crippen LogP contribution in [0.4, 0.5) is 0 Å². The van der Waals surface area contributed by atoms with E-state index in [2.05, 4.69) is 4.72 Å². The largest absolute Gasteiger partial charge is 0.329 e. The van der Waals surface area contributed by atoms with Crippen LogP contribution in [0.15, 0.2) is 23.1 Å². The summed E-state index contributed by atoms with van der Waals surface area (Å²) in [6.45, 7) is 2.08. The standard InChI is InChI=1S/C12H16Cl2N2O2S.ClH/c1-12(7-15,8-2-3-8)16-19(17,18)11-5-9(13)4-10(14)6-11;/h4-6,8,16H,2-3,7,15H2,1H3;1H. The van der Waals surface area contributed by atoms with Crippen LogP contribution in [0.1, 0.15) is 19.8 Å². The zero-order valence-electron chi connectivity index (χ0n) is 10.9. The second-order valence-electron chi connectivity index (χ2n) is 5.11. The van der Waals surface area contributed by atoms with Gasteiger partial charge in [-0.2, -0.15) is 0 Å². The first-order chi connectivity index (χ1) is 8.77. The molecule has 8 heteroatoms. The van der Waals surface area contributed by atoms with Gasteiger partial charge in [0.1, 0.15) is 0 Å². The van der Waals surface area contributed by atoms with Crippen molar-refractivity contribution in [3.63, 3.8) is 0 Å². The Hall–Kier alpha value is -0.0400. The van der Waals surface area contributed by atoms with Crippen molar-refractivity contribution in [3.8, 4) is 0 Å². The van der Waals surface area contributed by atoms with Crippen molar-refractivity contribution in [3.05, 3.63) is 28.2 Å². The van der Waals surface area contributed by atoms with Crippen LogP contribution < -0.4 is 10.5 Å². The maximum absolute atomic E-state index is 12.4. The third-order valence-electron chi connectivity index (χ3n) is 3.42. The van der Waals surface area contributed by atoms with Crippen molar-refractivity contribution in [1.29, 1.82) is 0 Å². The number of sulfonamides is 1. The Kier molecular flexibility index (Phi) is 5.75. The van der Waals surface area contributed by atoms with Gasteiger partial charge in [-0.15, -0.1) is 12.4 Å². The molecule has 4 nitrogen and oxygen atoms in total. The molecule has 0 heterocycles. The quantitative estimate of drug-likeness (QED) is 0.849. The molecule has 0 amide bonds. The molecule has 0 aromatic heterocycles. The zero-order valence-corrected chi connectivity index (χ0v) is 14.0. The van der Waals surface area contributed by atoms with E-state index in [0.717, 1.165) is 12.8 Å². The first-order valence-electron chi connectivity index (χ1n) is 5.97. The van der Waals surface area contributed by atoms with Crippen molar-refractivity contribution in [2.45, 2.75) is 30.2 Å². The minimum Gasteiger partial charge on any atom is -0.329 e. The summed E-state index contributed by atoms with van der Waals surface area (Å²) in [6.07, 6.45) is 1.99. The van der Waals surface area contributed by atoms with Crippen LogP contribution in [0.3, 0.4) is 0 Å². The number of hydrogen-bond donors (Lipinski definition) is 2. The molecule has 20 heavy (non-hydrogen) atoms. The van der Waals surface area contributed by atoms with Crippen LogP contribution >= 0.6 is 35.6 Å². The van der Waals surface area contributed by atoms with Gasteiger partial charge in [0.15, 0.2) is 0 Å². The van der Waals surface area contributed by atoms with Gasteiger partial charge < -0.3 is 5.73 Å². The second-order valence-corrected chi connectivity index (χ2v) is 7.66. The lowest BCUT2D eigenvalue weighted by atomic mass is 9.98. The van der Waals surface area contributed by atoms with Crippen LogP contribution in [0.2, 0.25) is 10.0 Å². The topological polar surface area (TPSA) is 72.2 Å². The highest BCUT2D eigenvalue weighted by atomic mass is 35.5. The Morgan fingerprint density at radius 3 is 2.20 bits per heavy atom. The van der Waals surface area contributed by atoms with E-state index < -0.39 is 15.6 Å². The molecular weight excluding hydrogens is 343 g/mol. The van der Waals surface area contributed by atoms with E-state index in [0.29, 0.717) is 5.92 Å². The summed E-state index contributed by atoms with van der Waals surface area (Å²) in [4.78, 5) is 0.0605. The average molecular weight is 360 g/mol. The van der Waals surface area contributed by atoms with Gasteiger partial charge in [0.25, 0.3) is 0 Å². The number of halogens is 3. The van der Waals surface area contributed by atoms with E-state index >= 15 is 0 Å². The number of hydrogen-bond acceptors (Lipinski definition) is 3. The van der Waals surface area contributed by atoms with Crippen molar-refractivity contribution < 1.29 is 8.42 Å². The van der Waals surface area contributed by atoms with Crippen molar-refractivity contribution in [2.24, 2.45) is 11.7 Å². The fourth-order valence-electron chi connectivity index (χ4n) is 2.06. The molecule has 1 saturated carbocycles. The number of benzene rings is 1. The molecule has 1 aromatic carbocycles. The molecular formula is C12H17Cl3N2O2S. The van der Waals surface area contributed by atoms with Gasteiger partial charge in [0, 0.05) is 22.1 Å². The smallest absolute Gasteiger partial charge is 0.241 e. The Morgan fingerprint density at radius 2 is 1.80 bits per heavy atom. The average Bonchev–Trinajstić information content (AvgIpc) is 3.11. The van der Waals surface area contributed by atoms with Gasteiger partial charge in [-0.25, -0.2) is 13.1 Å². The predicted octanol–water partition coefficient (Wildman–Crippen LogP) is 2.82. The molecule has 0 spiro atoms. The molecule has 1 aliphatic carbocycles. The SMILES string of the molecule is CC(CN)(NS(=O)(=O)c1cc(Cl)cc(Cl)c1)C1CC1.Cl. The molecule has 1 aromatic rings. The zero-order chi connectivity index (χ0) is 14.3. The van der Waals surface area contributed by atoms with Gasteiger partial charge >= 0.3 is 0 Å². The summed E-state index contributed by atoms with van der Waals surface area (Å²) in [7, 11) is -3.68. The van der Waals surface area contributed by atoms with Crippen molar-refractivity contribution >= 4 is 45.6 Å². The first kappa shape index (κ1) is 18.0. The van der Waals surface area contributed by atoms with Crippen LogP contribution in [-0.2, 0) is 10.0 Å².